The number of aromatic nitrogens is 2. The molecule has 0 aliphatic rings. The topological polar surface area (TPSA) is 38.9 Å². The third-order valence-corrected chi connectivity index (χ3v) is 2.89. The number of rotatable bonds is 2. The summed E-state index contributed by atoms with van der Waals surface area (Å²) in [6.45, 7) is 3.80. The fourth-order valence-electron chi connectivity index (χ4n) is 1.38. The van der Waals surface area contributed by atoms with Crippen molar-refractivity contribution in [2.24, 2.45) is 0 Å². The number of nitrogens with zero attached hydrogens (tertiary/aromatic N) is 2. The van der Waals surface area contributed by atoms with E-state index in [1.807, 2.05) is 25.1 Å². The van der Waals surface area contributed by atoms with E-state index in [2.05, 4.69) is 26.1 Å². The number of alkyl halides is 1. The van der Waals surface area contributed by atoms with Gasteiger partial charge in [-0.2, -0.15) is 4.98 Å². The normalized spacial score (nSPS) is 12.8. The molecule has 1 atom stereocenters. The second kappa shape index (κ2) is 4.55. The predicted molar refractivity (Wildman–Crippen MR) is 66.4 cm³/mol. The summed E-state index contributed by atoms with van der Waals surface area (Å²) in [7, 11) is 0. The van der Waals surface area contributed by atoms with Crippen LogP contribution in [0, 0.1) is 6.92 Å². The fraction of sp³-hybridized carbons (Fsp3) is 0.273. The Kier molecular flexibility index (Phi) is 3.30. The zero-order valence-corrected chi connectivity index (χ0v) is 11.2. The molecule has 0 saturated carbocycles. The van der Waals surface area contributed by atoms with E-state index in [0.717, 1.165) is 15.6 Å². The van der Waals surface area contributed by atoms with E-state index >= 15 is 0 Å². The second-order valence-electron chi connectivity index (χ2n) is 3.53. The molecule has 0 bridgehead atoms. The fourth-order valence-corrected chi connectivity index (χ4v) is 1.95. The smallest absolute Gasteiger partial charge is 0.244 e. The Balaban J connectivity index is 2.42. The molecule has 3 nitrogen and oxygen atoms in total. The summed E-state index contributed by atoms with van der Waals surface area (Å²) in [4.78, 5) is 4.25. The van der Waals surface area contributed by atoms with Crippen LogP contribution in [0.15, 0.2) is 27.2 Å². The number of aryl methyl sites for hydroxylation is 1. The zero-order valence-electron chi connectivity index (χ0n) is 8.87. The van der Waals surface area contributed by atoms with E-state index in [1.54, 1.807) is 6.92 Å². The predicted octanol–water partition coefficient (Wildman–Crippen LogP) is 4.11. The molecule has 0 amide bonds. The minimum atomic E-state index is -0.267. The molecule has 0 saturated heterocycles. The number of hydrogen-bond donors (Lipinski definition) is 0. The van der Waals surface area contributed by atoms with Crippen molar-refractivity contribution in [1.29, 1.82) is 0 Å². The zero-order chi connectivity index (χ0) is 11.7. The molecule has 84 valence electrons. The molecule has 1 unspecified atom stereocenters. The minimum absolute atomic E-state index is 0.267. The average Bonchev–Trinajstić information content (AvgIpc) is 2.66. The highest BCUT2D eigenvalue weighted by molar-refractivity contribution is 9.10. The Hall–Kier alpha value is -0.870. The third kappa shape index (κ3) is 2.28. The highest BCUT2D eigenvalue weighted by Crippen LogP contribution is 2.26. The minimum Gasteiger partial charge on any atom is -0.337 e. The Morgan fingerprint density at radius 3 is 2.75 bits per heavy atom. The summed E-state index contributed by atoms with van der Waals surface area (Å²) in [6.07, 6.45) is 0. The summed E-state index contributed by atoms with van der Waals surface area (Å²) in [6, 6.07) is 5.91. The molecular formula is C11H10BrClN2O. The van der Waals surface area contributed by atoms with Crippen molar-refractivity contribution in [3.63, 3.8) is 0 Å². The Labute approximate surface area is 107 Å². The van der Waals surface area contributed by atoms with Gasteiger partial charge in [0.05, 0.1) is 0 Å². The van der Waals surface area contributed by atoms with Crippen molar-refractivity contribution >= 4 is 27.5 Å². The highest BCUT2D eigenvalue weighted by atomic mass is 79.9. The molecule has 1 aromatic heterocycles. The van der Waals surface area contributed by atoms with E-state index in [9.17, 15) is 0 Å². The summed E-state index contributed by atoms with van der Waals surface area (Å²) in [5.41, 5.74) is 2.04. The molecule has 1 aromatic carbocycles. The van der Waals surface area contributed by atoms with Gasteiger partial charge in [-0.15, -0.1) is 11.6 Å². The molecule has 0 N–H and O–H groups in total. The lowest BCUT2D eigenvalue weighted by Gasteiger charge is -2.00. The van der Waals surface area contributed by atoms with Crippen LogP contribution >= 0.6 is 27.5 Å². The summed E-state index contributed by atoms with van der Waals surface area (Å²) < 4.78 is 6.09. The van der Waals surface area contributed by atoms with Gasteiger partial charge in [0.2, 0.25) is 11.7 Å². The van der Waals surface area contributed by atoms with Crippen molar-refractivity contribution in [2.45, 2.75) is 19.2 Å². The molecule has 0 aliphatic carbocycles. The lowest BCUT2D eigenvalue weighted by Crippen LogP contribution is -1.87. The van der Waals surface area contributed by atoms with Crippen LogP contribution in [0.5, 0.6) is 0 Å². The van der Waals surface area contributed by atoms with Gasteiger partial charge in [0.1, 0.15) is 5.38 Å². The van der Waals surface area contributed by atoms with Crippen molar-refractivity contribution in [3.05, 3.63) is 34.1 Å². The van der Waals surface area contributed by atoms with Crippen LogP contribution in [-0.2, 0) is 0 Å². The highest BCUT2D eigenvalue weighted by Gasteiger charge is 2.14. The van der Waals surface area contributed by atoms with Crippen LogP contribution in [0.3, 0.4) is 0 Å². The first-order chi connectivity index (χ1) is 7.58. The van der Waals surface area contributed by atoms with Crippen LogP contribution in [0.1, 0.15) is 23.8 Å². The third-order valence-electron chi connectivity index (χ3n) is 2.21. The van der Waals surface area contributed by atoms with Crippen molar-refractivity contribution in [1.82, 2.24) is 10.1 Å². The first-order valence-corrected chi connectivity index (χ1v) is 6.05. The van der Waals surface area contributed by atoms with Crippen LogP contribution in [-0.4, -0.2) is 10.1 Å². The van der Waals surface area contributed by atoms with Gasteiger partial charge in [-0.3, -0.25) is 0 Å². The van der Waals surface area contributed by atoms with Gasteiger partial charge >= 0.3 is 0 Å². The molecule has 0 radical (unpaired) electrons. The number of hydrogen-bond acceptors (Lipinski definition) is 3. The van der Waals surface area contributed by atoms with Gasteiger partial charge in [-0.25, -0.2) is 0 Å². The molecule has 2 aromatic rings. The molecule has 2 rings (SSSR count). The maximum Gasteiger partial charge on any atom is 0.244 e. The van der Waals surface area contributed by atoms with Crippen LogP contribution < -0.4 is 0 Å². The molecule has 0 spiro atoms. The molecule has 0 aliphatic heterocycles. The summed E-state index contributed by atoms with van der Waals surface area (Å²) in [5.74, 6) is 1.02. The molecule has 5 heteroatoms. The van der Waals surface area contributed by atoms with Crippen molar-refractivity contribution in [3.8, 4) is 11.4 Å². The van der Waals surface area contributed by atoms with Crippen molar-refractivity contribution < 1.29 is 4.52 Å². The SMILES string of the molecule is Cc1cc(Br)ccc1-c1noc(C(C)Cl)n1. The second-order valence-corrected chi connectivity index (χ2v) is 5.10. The van der Waals surface area contributed by atoms with Gasteiger partial charge in [-0.05, 0) is 37.6 Å². The lowest BCUT2D eigenvalue weighted by atomic mass is 10.1. The van der Waals surface area contributed by atoms with Gasteiger partial charge in [0.25, 0.3) is 0 Å². The van der Waals surface area contributed by atoms with Crippen LogP contribution in [0.25, 0.3) is 11.4 Å². The average molecular weight is 302 g/mol. The van der Waals surface area contributed by atoms with Crippen LogP contribution in [0.4, 0.5) is 0 Å². The van der Waals surface area contributed by atoms with E-state index in [0.29, 0.717) is 11.7 Å². The first kappa shape index (κ1) is 11.6. The van der Waals surface area contributed by atoms with Crippen molar-refractivity contribution in [2.75, 3.05) is 0 Å². The molecule has 0 fully saturated rings. The van der Waals surface area contributed by atoms with Crippen LogP contribution in [0.2, 0.25) is 0 Å². The molecular weight excluding hydrogens is 291 g/mol. The number of halogens is 2. The Morgan fingerprint density at radius 2 is 2.19 bits per heavy atom. The van der Waals surface area contributed by atoms with Gasteiger partial charge in [0.15, 0.2) is 0 Å². The monoisotopic (exact) mass is 300 g/mol. The molecule has 1 heterocycles. The number of benzene rings is 1. The maximum atomic E-state index is 5.87. The standard InChI is InChI=1S/C11H10BrClN2O/c1-6-5-8(12)3-4-9(6)10-14-11(7(2)13)16-15-10/h3-5,7H,1-2H3. The van der Waals surface area contributed by atoms with E-state index < -0.39 is 0 Å². The van der Waals surface area contributed by atoms with E-state index in [4.69, 9.17) is 16.1 Å². The largest absolute Gasteiger partial charge is 0.337 e. The van der Waals surface area contributed by atoms with E-state index in [-0.39, 0.29) is 5.38 Å². The first-order valence-electron chi connectivity index (χ1n) is 4.82. The van der Waals surface area contributed by atoms with E-state index in [1.165, 1.54) is 0 Å². The summed E-state index contributed by atoms with van der Waals surface area (Å²) in [5, 5.41) is 3.65. The van der Waals surface area contributed by atoms with Gasteiger partial charge in [0, 0.05) is 10.0 Å². The molecule has 16 heavy (non-hydrogen) atoms. The lowest BCUT2D eigenvalue weighted by molar-refractivity contribution is 0.379. The van der Waals surface area contributed by atoms with Gasteiger partial charge < -0.3 is 4.52 Å². The van der Waals surface area contributed by atoms with Gasteiger partial charge in [-0.1, -0.05) is 21.1 Å². The Morgan fingerprint density at radius 1 is 1.44 bits per heavy atom. The maximum absolute atomic E-state index is 5.87. The summed E-state index contributed by atoms with van der Waals surface area (Å²) >= 11 is 9.28. The quantitative estimate of drug-likeness (QED) is 0.784. The Bertz CT molecular complexity index is 510.